The fourth-order valence-corrected chi connectivity index (χ4v) is 2.08. The minimum atomic E-state index is -0.513. The summed E-state index contributed by atoms with van der Waals surface area (Å²) in [6.07, 6.45) is 2.56. The van der Waals surface area contributed by atoms with Crippen LogP contribution >= 0.6 is 11.6 Å². The minimum absolute atomic E-state index is 0.00930. The van der Waals surface area contributed by atoms with E-state index in [-0.39, 0.29) is 30.1 Å². The van der Waals surface area contributed by atoms with Gasteiger partial charge in [0.25, 0.3) is 0 Å². The molecular formula is C14H16ClFN2O2. The molecule has 1 aromatic rings. The van der Waals surface area contributed by atoms with Crippen LogP contribution in [0.2, 0.25) is 5.02 Å². The highest BCUT2D eigenvalue weighted by Gasteiger charge is 2.29. The largest absolute Gasteiger partial charge is 0.350 e. The molecule has 6 heteroatoms. The summed E-state index contributed by atoms with van der Waals surface area (Å²) in [4.78, 5) is 24.0. The lowest BCUT2D eigenvalue weighted by molar-refractivity contribution is -0.128. The Labute approximate surface area is 121 Å². The lowest BCUT2D eigenvalue weighted by atomic mass is 10.1. The lowest BCUT2D eigenvalue weighted by Gasteiger charge is -2.16. The van der Waals surface area contributed by atoms with Crippen molar-refractivity contribution >= 4 is 23.9 Å². The number of carbonyl (C=O) groups is 2. The normalized spacial score (nSPS) is 13.9. The first kappa shape index (κ1) is 14.8. The number of hydrogen-bond donors (Lipinski definition) is 1. The molecule has 1 fully saturated rings. The van der Waals surface area contributed by atoms with Crippen LogP contribution in [0, 0.1) is 12.7 Å². The summed E-state index contributed by atoms with van der Waals surface area (Å²) in [5, 5.41) is 2.67. The van der Waals surface area contributed by atoms with E-state index in [0.29, 0.717) is 17.5 Å². The fraction of sp³-hybridized carbons (Fsp3) is 0.429. The monoisotopic (exact) mass is 298 g/mol. The standard InChI is InChI=1S/C14H16ClFN2O2/c1-9-2-3-10(14(16)13(9)15)6-17-12(20)7-18(8-19)11-4-5-11/h2-3,8,11H,4-7H2,1H3,(H,17,20). The molecule has 1 aliphatic carbocycles. The van der Waals surface area contributed by atoms with Crippen molar-refractivity contribution in [3.05, 3.63) is 34.1 Å². The summed E-state index contributed by atoms with van der Waals surface area (Å²) < 4.78 is 13.8. The van der Waals surface area contributed by atoms with Crippen LogP contribution in [0.1, 0.15) is 24.0 Å². The molecule has 0 unspecified atom stereocenters. The van der Waals surface area contributed by atoms with E-state index in [0.717, 1.165) is 12.8 Å². The van der Waals surface area contributed by atoms with Crippen LogP contribution in [0.25, 0.3) is 0 Å². The molecule has 2 rings (SSSR count). The minimum Gasteiger partial charge on any atom is -0.350 e. The average Bonchev–Trinajstić information content (AvgIpc) is 3.26. The van der Waals surface area contributed by atoms with Gasteiger partial charge >= 0.3 is 0 Å². The molecule has 1 aromatic carbocycles. The molecule has 0 aromatic heterocycles. The summed E-state index contributed by atoms with van der Waals surface area (Å²) in [5.74, 6) is -0.818. The SMILES string of the molecule is Cc1ccc(CNC(=O)CN(C=O)C2CC2)c(F)c1Cl. The summed E-state index contributed by atoms with van der Waals surface area (Å²) in [5.41, 5.74) is 0.984. The quantitative estimate of drug-likeness (QED) is 0.817. The van der Waals surface area contributed by atoms with Gasteiger partial charge in [-0.1, -0.05) is 23.7 Å². The van der Waals surface area contributed by atoms with Crippen molar-refractivity contribution in [1.82, 2.24) is 10.2 Å². The number of nitrogens with zero attached hydrogens (tertiary/aromatic N) is 1. The fourth-order valence-electron chi connectivity index (χ4n) is 1.90. The van der Waals surface area contributed by atoms with Crippen molar-refractivity contribution < 1.29 is 14.0 Å². The van der Waals surface area contributed by atoms with E-state index in [4.69, 9.17) is 11.6 Å². The molecule has 0 bridgehead atoms. The number of carbonyl (C=O) groups excluding carboxylic acids is 2. The summed E-state index contributed by atoms with van der Waals surface area (Å²) in [7, 11) is 0. The van der Waals surface area contributed by atoms with Gasteiger partial charge in [0.1, 0.15) is 5.82 Å². The molecule has 4 nitrogen and oxygen atoms in total. The van der Waals surface area contributed by atoms with E-state index < -0.39 is 5.82 Å². The van der Waals surface area contributed by atoms with Crippen LogP contribution in [-0.2, 0) is 16.1 Å². The molecule has 1 aliphatic rings. The molecule has 0 saturated heterocycles. The molecule has 0 aliphatic heterocycles. The van der Waals surface area contributed by atoms with Gasteiger partial charge in [0.05, 0.1) is 11.6 Å². The van der Waals surface area contributed by atoms with Gasteiger partial charge in [-0.3, -0.25) is 9.59 Å². The maximum atomic E-state index is 13.8. The first-order chi connectivity index (χ1) is 9.52. The van der Waals surface area contributed by atoms with Crippen molar-refractivity contribution in [2.75, 3.05) is 6.54 Å². The van der Waals surface area contributed by atoms with Gasteiger partial charge in [0.2, 0.25) is 12.3 Å². The average molecular weight is 299 g/mol. The van der Waals surface area contributed by atoms with E-state index >= 15 is 0 Å². The van der Waals surface area contributed by atoms with E-state index in [2.05, 4.69) is 5.32 Å². The molecule has 0 atom stereocenters. The second-order valence-corrected chi connectivity index (χ2v) is 5.33. The van der Waals surface area contributed by atoms with Crippen molar-refractivity contribution in [3.63, 3.8) is 0 Å². The molecule has 0 heterocycles. The number of nitrogens with one attached hydrogen (secondary N) is 1. The molecule has 1 saturated carbocycles. The highest BCUT2D eigenvalue weighted by molar-refractivity contribution is 6.31. The number of hydrogen-bond acceptors (Lipinski definition) is 2. The Bertz CT molecular complexity index is 532. The molecule has 20 heavy (non-hydrogen) atoms. The van der Waals surface area contributed by atoms with Crippen molar-refractivity contribution in [2.45, 2.75) is 32.4 Å². The van der Waals surface area contributed by atoms with Gasteiger partial charge in [-0.25, -0.2) is 4.39 Å². The van der Waals surface area contributed by atoms with Gasteiger partial charge in [0.15, 0.2) is 0 Å². The first-order valence-corrected chi connectivity index (χ1v) is 6.82. The molecule has 0 radical (unpaired) electrons. The highest BCUT2D eigenvalue weighted by atomic mass is 35.5. The smallest absolute Gasteiger partial charge is 0.239 e. The number of benzene rings is 1. The van der Waals surface area contributed by atoms with Crippen LogP contribution in [0.5, 0.6) is 0 Å². The molecule has 2 amide bonds. The number of amides is 2. The van der Waals surface area contributed by atoms with Crippen LogP contribution in [0.3, 0.4) is 0 Å². The van der Waals surface area contributed by atoms with Gasteiger partial charge < -0.3 is 10.2 Å². The first-order valence-electron chi connectivity index (χ1n) is 6.44. The van der Waals surface area contributed by atoms with Gasteiger partial charge in [-0.15, -0.1) is 0 Å². The Morgan fingerprint density at radius 3 is 2.85 bits per heavy atom. The number of rotatable bonds is 6. The third-order valence-electron chi connectivity index (χ3n) is 3.31. The van der Waals surface area contributed by atoms with Gasteiger partial charge in [-0.2, -0.15) is 0 Å². The molecular weight excluding hydrogens is 283 g/mol. The predicted molar refractivity (Wildman–Crippen MR) is 73.8 cm³/mol. The Balaban J connectivity index is 1.90. The van der Waals surface area contributed by atoms with Crippen LogP contribution in [0.4, 0.5) is 4.39 Å². The summed E-state index contributed by atoms with van der Waals surface area (Å²) >= 11 is 5.81. The maximum Gasteiger partial charge on any atom is 0.239 e. The van der Waals surface area contributed by atoms with E-state index in [9.17, 15) is 14.0 Å². The Kier molecular flexibility index (Phi) is 4.60. The van der Waals surface area contributed by atoms with E-state index in [1.807, 2.05) is 0 Å². The van der Waals surface area contributed by atoms with Crippen molar-refractivity contribution in [2.24, 2.45) is 0 Å². The zero-order valence-electron chi connectivity index (χ0n) is 11.2. The third-order valence-corrected chi connectivity index (χ3v) is 3.77. The van der Waals surface area contributed by atoms with Crippen molar-refractivity contribution in [3.8, 4) is 0 Å². The van der Waals surface area contributed by atoms with Gasteiger partial charge in [-0.05, 0) is 25.3 Å². The van der Waals surface area contributed by atoms with E-state index in [1.54, 1.807) is 19.1 Å². The number of aryl methyl sites for hydroxylation is 1. The summed E-state index contributed by atoms with van der Waals surface area (Å²) in [6.45, 7) is 1.78. The molecule has 0 spiro atoms. The van der Waals surface area contributed by atoms with Crippen LogP contribution in [-0.4, -0.2) is 29.8 Å². The van der Waals surface area contributed by atoms with Gasteiger partial charge in [0, 0.05) is 18.2 Å². The zero-order chi connectivity index (χ0) is 14.7. The molecule has 108 valence electrons. The van der Waals surface area contributed by atoms with Crippen LogP contribution in [0.15, 0.2) is 12.1 Å². The third kappa shape index (κ3) is 3.48. The molecule has 1 N–H and O–H groups in total. The second kappa shape index (κ2) is 6.22. The Morgan fingerprint density at radius 2 is 2.25 bits per heavy atom. The van der Waals surface area contributed by atoms with Crippen LogP contribution < -0.4 is 5.32 Å². The van der Waals surface area contributed by atoms with Crippen molar-refractivity contribution in [1.29, 1.82) is 0 Å². The topological polar surface area (TPSA) is 49.4 Å². The Morgan fingerprint density at radius 1 is 1.55 bits per heavy atom. The Hall–Kier alpha value is -1.62. The number of halogens is 2. The summed E-state index contributed by atoms with van der Waals surface area (Å²) in [6, 6.07) is 3.48. The maximum absolute atomic E-state index is 13.8. The lowest BCUT2D eigenvalue weighted by Crippen LogP contribution is -2.37. The van der Waals surface area contributed by atoms with E-state index in [1.165, 1.54) is 4.90 Å². The second-order valence-electron chi connectivity index (χ2n) is 4.96. The zero-order valence-corrected chi connectivity index (χ0v) is 11.9. The predicted octanol–water partition coefficient (Wildman–Crippen LogP) is 2.02. The highest BCUT2D eigenvalue weighted by Crippen LogP contribution is 2.25.